The van der Waals surface area contributed by atoms with Gasteiger partial charge in [0, 0.05) is 32.2 Å². The Morgan fingerprint density at radius 1 is 1.10 bits per heavy atom. The summed E-state index contributed by atoms with van der Waals surface area (Å²) in [5, 5.41) is 0. The minimum atomic E-state index is -0.274. The first-order chi connectivity index (χ1) is 9.58. The summed E-state index contributed by atoms with van der Waals surface area (Å²) < 4.78 is 0. The van der Waals surface area contributed by atoms with Gasteiger partial charge in [-0.2, -0.15) is 0 Å². The molecule has 0 bridgehead atoms. The second-order valence-corrected chi connectivity index (χ2v) is 6.80. The molecule has 1 aliphatic carbocycles. The second-order valence-electron chi connectivity index (χ2n) is 6.80. The van der Waals surface area contributed by atoms with Crippen LogP contribution in [0.5, 0.6) is 0 Å². The second kappa shape index (κ2) is 7.41. The lowest BCUT2D eigenvalue weighted by Crippen LogP contribution is -2.54. The summed E-state index contributed by atoms with van der Waals surface area (Å²) in [6.45, 7) is 8.09. The van der Waals surface area contributed by atoms with E-state index in [2.05, 4.69) is 18.7 Å². The number of hydrogen-bond acceptors (Lipinski definition) is 3. The van der Waals surface area contributed by atoms with E-state index in [9.17, 15) is 4.79 Å². The van der Waals surface area contributed by atoms with Crippen molar-refractivity contribution in [3.05, 3.63) is 0 Å². The molecule has 4 nitrogen and oxygen atoms in total. The van der Waals surface area contributed by atoms with Crippen molar-refractivity contribution in [1.29, 1.82) is 0 Å². The van der Waals surface area contributed by atoms with Crippen molar-refractivity contribution < 1.29 is 4.79 Å². The van der Waals surface area contributed by atoms with Gasteiger partial charge in [-0.25, -0.2) is 0 Å². The van der Waals surface area contributed by atoms with Gasteiger partial charge in [0.1, 0.15) is 0 Å². The third kappa shape index (κ3) is 4.19. The molecule has 0 radical (unpaired) electrons. The molecule has 1 saturated heterocycles. The van der Waals surface area contributed by atoms with Gasteiger partial charge in [0.05, 0.1) is 6.04 Å². The van der Waals surface area contributed by atoms with E-state index >= 15 is 0 Å². The van der Waals surface area contributed by atoms with Gasteiger partial charge in [-0.1, -0.05) is 32.1 Å². The van der Waals surface area contributed by atoms with Crippen LogP contribution in [0, 0.1) is 5.92 Å². The largest absolute Gasteiger partial charge is 0.339 e. The molecular formula is C16H31N3O. The predicted octanol–water partition coefficient (Wildman–Crippen LogP) is 1.84. The minimum Gasteiger partial charge on any atom is -0.339 e. The zero-order valence-corrected chi connectivity index (χ0v) is 13.2. The molecule has 0 spiro atoms. The lowest BCUT2D eigenvalue weighted by molar-refractivity contribution is -0.135. The van der Waals surface area contributed by atoms with Gasteiger partial charge in [-0.15, -0.1) is 0 Å². The number of amides is 1. The smallest absolute Gasteiger partial charge is 0.239 e. The summed E-state index contributed by atoms with van der Waals surface area (Å²) in [5.74, 6) is 0.860. The maximum Gasteiger partial charge on any atom is 0.239 e. The highest BCUT2D eigenvalue weighted by molar-refractivity contribution is 5.81. The standard InChI is InChI=1S/C16H31N3O/c1-13(2)18-8-10-19(11-9-18)16(20)15(17)12-14-6-4-3-5-7-14/h13-15H,3-12,17H2,1-2H3. The van der Waals surface area contributed by atoms with Crippen molar-refractivity contribution in [2.24, 2.45) is 11.7 Å². The number of rotatable bonds is 4. The van der Waals surface area contributed by atoms with Crippen molar-refractivity contribution in [3.63, 3.8) is 0 Å². The van der Waals surface area contributed by atoms with Crippen LogP contribution in [-0.4, -0.2) is 54.0 Å². The summed E-state index contributed by atoms with van der Waals surface area (Å²) in [5.41, 5.74) is 6.17. The topological polar surface area (TPSA) is 49.6 Å². The fourth-order valence-corrected chi connectivity index (χ4v) is 3.58. The summed E-state index contributed by atoms with van der Waals surface area (Å²) in [6.07, 6.45) is 7.42. The molecule has 0 aromatic heterocycles. The third-order valence-corrected chi connectivity index (χ3v) is 4.99. The zero-order chi connectivity index (χ0) is 14.5. The lowest BCUT2D eigenvalue weighted by Gasteiger charge is -2.38. The first-order valence-electron chi connectivity index (χ1n) is 8.36. The molecule has 1 atom stereocenters. The van der Waals surface area contributed by atoms with E-state index in [4.69, 9.17) is 5.73 Å². The maximum atomic E-state index is 12.4. The van der Waals surface area contributed by atoms with Crippen LogP contribution in [0.3, 0.4) is 0 Å². The van der Waals surface area contributed by atoms with Crippen LogP contribution in [-0.2, 0) is 4.79 Å². The Morgan fingerprint density at radius 2 is 1.70 bits per heavy atom. The molecule has 1 amide bonds. The Bertz CT molecular complexity index is 305. The van der Waals surface area contributed by atoms with Gasteiger partial charge in [0.15, 0.2) is 0 Å². The molecule has 2 N–H and O–H groups in total. The molecule has 2 aliphatic rings. The average Bonchev–Trinajstić information content (AvgIpc) is 2.47. The molecule has 4 heteroatoms. The van der Waals surface area contributed by atoms with E-state index in [1.807, 2.05) is 4.90 Å². The molecule has 1 aliphatic heterocycles. The number of hydrogen-bond donors (Lipinski definition) is 1. The molecule has 1 heterocycles. The van der Waals surface area contributed by atoms with Crippen molar-refractivity contribution in [3.8, 4) is 0 Å². The lowest BCUT2D eigenvalue weighted by atomic mass is 9.84. The predicted molar refractivity (Wildman–Crippen MR) is 82.5 cm³/mol. The average molecular weight is 281 g/mol. The van der Waals surface area contributed by atoms with Gasteiger partial charge in [0.25, 0.3) is 0 Å². The molecule has 116 valence electrons. The Hall–Kier alpha value is -0.610. The van der Waals surface area contributed by atoms with E-state index in [0.717, 1.165) is 32.6 Å². The van der Waals surface area contributed by atoms with Crippen LogP contribution >= 0.6 is 0 Å². The molecule has 20 heavy (non-hydrogen) atoms. The number of carbonyl (C=O) groups excluding carboxylic acids is 1. The van der Waals surface area contributed by atoms with E-state index in [0.29, 0.717) is 12.0 Å². The molecule has 1 saturated carbocycles. The minimum absolute atomic E-state index is 0.180. The van der Waals surface area contributed by atoms with Gasteiger partial charge in [-0.05, 0) is 26.2 Å². The zero-order valence-electron chi connectivity index (χ0n) is 13.2. The molecular weight excluding hydrogens is 250 g/mol. The summed E-state index contributed by atoms with van der Waals surface area (Å²) in [7, 11) is 0. The number of nitrogens with zero attached hydrogens (tertiary/aromatic N) is 2. The fourth-order valence-electron chi connectivity index (χ4n) is 3.58. The van der Waals surface area contributed by atoms with Crippen LogP contribution in [0.2, 0.25) is 0 Å². The van der Waals surface area contributed by atoms with Crippen LogP contribution < -0.4 is 5.73 Å². The monoisotopic (exact) mass is 281 g/mol. The Labute approximate surface area is 123 Å². The van der Waals surface area contributed by atoms with Gasteiger partial charge in [0.2, 0.25) is 5.91 Å². The first kappa shape index (κ1) is 15.8. The summed E-state index contributed by atoms with van der Waals surface area (Å²) in [6, 6.07) is 0.298. The number of nitrogens with two attached hydrogens (primary N) is 1. The Balaban J connectivity index is 1.76. The van der Waals surface area contributed by atoms with Gasteiger partial charge < -0.3 is 10.6 Å². The normalized spacial score (nSPS) is 24.1. The summed E-state index contributed by atoms with van der Waals surface area (Å²) in [4.78, 5) is 16.8. The summed E-state index contributed by atoms with van der Waals surface area (Å²) >= 11 is 0. The molecule has 2 fully saturated rings. The first-order valence-corrected chi connectivity index (χ1v) is 8.36. The van der Waals surface area contributed by atoms with E-state index in [1.165, 1.54) is 32.1 Å². The highest BCUT2D eigenvalue weighted by Crippen LogP contribution is 2.27. The van der Waals surface area contributed by atoms with E-state index < -0.39 is 0 Å². The van der Waals surface area contributed by atoms with E-state index in [-0.39, 0.29) is 11.9 Å². The SMILES string of the molecule is CC(C)N1CCN(C(=O)C(N)CC2CCCCC2)CC1. The Kier molecular flexibility index (Phi) is 5.85. The van der Waals surface area contributed by atoms with Gasteiger partial charge >= 0.3 is 0 Å². The van der Waals surface area contributed by atoms with Crippen LogP contribution in [0.25, 0.3) is 0 Å². The Morgan fingerprint density at radius 3 is 2.25 bits per heavy atom. The highest BCUT2D eigenvalue weighted by atomic mass is 16.2. The van der Waals surface area contributed by atoms with Crippen molar-refractivity contribution in [2.75, 3.05) is 26.2 Å². The van der Waals surface area contributed by atoms with Crippen molar-refractivity contribution in [1.82, 2.24) is 9.80 Å². The van der Waals surface area contributed by atoms with Crippen LogP contribution in [0.1, 0.15) is 52.4 Å². The van der Waals surface area contributed by atoms with Gasteiger partial charge in [-0.3, -0.25) is 9.69 Å². The van der Waals surface area contributed by atoms with Crippen LogP contribution in [0.4, 0.5) is 0 Å². The molecule has 0 aromatic rings. The molecule has 0 aromatic carbocycles. The molecule has 1 unspecified atom stereocenters. The number of carbonyl (C=O) groups is 1. The van der Waals surface area contributed by atoms with Crippen LogP contribution in [0.15, 0.2) is 0 Å². The van der Waals surface area contributed by atoms with E-state index in [1.54, 1.807) is 0 Å². The maximum absolute atomic E-state index is 12.4. The van der Waals surface area contributed by atoms with Crippen molar-refractivity contribution in [2.45, 2.75) is 64.5 Å². The molecule has 2 rings (SSSR count). The highest BCUT2D eigenvalue weighted by Gasteiger charge is 2.28. The van der Waals surface area contributed by atoms with Crippen molar-refractivity contribution >= 4 is 5.91 Å². The number of piperazine rings is 1. The fraction of sp³-hybridized carbons (Fsp3) is 0.938. The third-order valence-electron chi connectivity index (χ3n) is 4.99. The quantitative estimate of drug-likeness (QED) is 0.855.